The molecular weight excluding hydrogens is 150 g/mol. The summed E-state index contributed by atoms with van der Waals surface area (Å²) in [5, 5.41) is 0. The molecule has 0 saturated carbocycles. The van der Waals surface area contributed by atoms with Gasteiger partial charge in [-0.3, -0.25) is 0 Å². The average Bonchev–Trinajstić information content (AvgIpc) is 1.90. The van der Waals surface area contributed by atoms with Crippen LogP contribution in [-0.4, -0.2) is 0 Å². The molecule has 0 N–H and O–H groups in total. The molecule has 49 valence electrons. The molecule has 2 heteroatoms. The summed E-state index contributed by atoms with van der Waals surface area (Å²) in [7, 11) is 0. The molecule has 0 aliphatic heterocycles. The monoisotopic (exact) mass is 161 g/mol. The van der Waals surface area contributed by atoms with Gasteiger partial charge >= 0.3 is 29.6 Å². The molecule has 0 fully saturated rings. The van der Waals surface area contributed by atoms with Crippen molar-refractivity contribution in [2.45, 2.75) is 13.3 Å². The van der Waals surface area contributed by atoms with Gasteiger partial charge in [0.15, 0.2) is 0 Å². The van der Waals surface area contributed by atoms with Crippen molar-refractivity contribution in [1.82, 2.24) is 0 Å². The van der Waals surface area contributed by atoms with Gasteiger partial charge in [-0.15, -0.1) is 0 Å². The third-order valence-corrected chi connectivity index (χ3v) is 1.18. The van der Waals surface area contributed by atoms with Gasteiger partial charge in [-0.1, -0.05) is 31.2 Å². The molecule has 0 unspecified atom stereocenters. The van der Waals surface area contributed by atoms with E-state index < -0.39 is 0 Å². The first-order valence-corrected chi connectivity index (χ1v) is 2.88. The number of rotatable bonds is 1. The van der Waals surface area contributed by atoms with Gasteiger partial charge in [0.2, 0.25) is 0 Å². The second-order valence-corrected chi connectivity index (χ2v) is 1.77. The van der Waals surface area contributed by atoms with Crippen LogP contribution >= 0.6 is 9.90 Å². The standard InChI is InChI=1S/C8H9.Na.H2P/c1-2-8-6-4-3-5-7-8;;/h3-4,6-7H,2H2,1H3;;1H2/q;+1;-1. The van der Waals surface area contributed by atoms with E-state index in [0.29, 0.717) is 0 Å². The quantitative estimate of drug-likeness (QED) is 0.380. The number of aryl methyl sites for hydroxylation is 1. The molecule has 0 aliphatic rings. The minimum atomic E-state index is 0. The predicted molar refractivity (Wildman–Crippen MR) is 44.4 cm³/mol. The van der Waals surface area contributed by atoms with E-state index in [1.807, 2.05) is 18.2 Å². The van der Waals surface area contributed by atoms with Crippen molar-refractivity contribution in [1.29, 1.82) is 0 Å². The molecule has 0 aliphatic carbocycles. The Balaban J connectivity index is 0. The fourth-order valence-electron chi connectivity index (χ4n) is 0.650. The van der Waals surface area contributed by atoms with Gasteiger partial charge in [-0.2, -0.15) is 0 Å². The van der Waals surface area contributed by atoms with Crippen LogP contribution in [0.5, 0.6) is 0 Å². The Morgan fingerprint density at radius 2 is 2.20 bits per heavy atom. The summed E-state index contributed by atoms with van der Waals surface area (Å²) < 4.78 is 0. The van der Waals surface area contributed by atoms with Crippen LogP contribution in [0, 0.1) is 6.07 Å². The van der Waals surface area contributed by atoms with E-state index in [1.165, 1.54) is 5.56 Å². The molecule has 0 nitrogen and oxygen atoms in total. The topological polar surface area (TPSA) is 0 Å². The molecule has 0 amide bonds. The Bertz CT molecular complexity index is 151. The van der Waals surface area contributed by atoms with E-state index in [9.17, 15) is 0 Å². The van der Waals surface area contributed by atoms with Gasteiger partial charge in [0.25, 0.3) is 0 Å². The third-order valence-electron chi connectivity index (χ3n) is 1.18. The van der Waals surface area contributed by atoms with Crippen LogP contribution in [0.3, 0.4) is 0 Å². The molecule has 0 saturated heterocycles. The molecule has 0 heterocycles. The largest absolute Gasteiger partial charge is 1.00 e. The number of hydrogen-bond donors (Lipinski definition) is 0. The second kappa shape index (κ2) is 7.75. The molecule has 0 bridgehead atoms. The zero-order valence-corrected chi connectivity index (χ0v) is 9.75. The van der Waals surface area contributed by atoms with Crippen LogP contribution in [0.1, 0.15) is 12.5 Å². The molecule has 1 rings (SSSR count). The van der Waals surface area contributed by atoms with E-state index in [2.05, 4.69) is 19.1 Å². The summed E-state index contributed by atoms with van der Waals surface area (Å²) in [6.07, 6.45) is 1.11. The predicted octanol–water partition coefficient (Wildman–Crippen LogP) is -0.621. The fraction of sp³-hybridized carbons (Fsp3) is 0.250. The molecule has 0 aromatic heterocycles. The average molecular weight is 161 g/mol. The Hall–Kier alpha value is 0.650. The number of hydrogen-bond acceptors (Lipinski definition) is 0. The minimum Gasteiger partial charge on any atom is -0.577 e. The number of benzene rings is 1. The zero-order chi connectivity index (χ0) is 5.82. The summed E-state index contributed by atoms with van der Waals surface area (Å²) in [5.74, 6) is 0. The SMILES string of the molecule is CCc1c[c]ccc1.[Na+].[PH2-]. The van der Waals surface area contributed by atoms with Crippen molar-refractivity contribution in [2.24, 2.45) is 0 Å². The summed E-state index contributed by atoms with van der Waals surface area (Å²) in [4.78, 5) is 0. The van der Waals surface area contributed by atoms with Crippen molar-refractivity contribution >= 4 is 9.90 Å². The summed E-state index contributed by atoms with van der Waals surface area (Å²) in [6, 6.07) is 11.1. The van der Waals surface area contributed by atoms with Crippen LogP contribution in [0.15, 0.2) is 24.3 Å². The first-order valence-electron chi connectivity index (χ1n) is 2.88. The van der Waals surface area contributed by atoms with E-state index in [-0.39, 0.29) is 39.5 Å². The maximum absolute atomic E-state index is 3.01. The van der Waals surface area contributed by atoms with Gasteiger partial charge in [0, 0.05) is 0 Å². The molecule has 1 radical (unpaired) electrons. The van der Waals surface area contributed by atoms with Gasteiger partial charge in [-0.25, -0.2) is 0 Å². The van der Waals surface area contributed by atoms with Crippen molar-refractivity contribution in [2.75, 3.05) is 0 Å². The Morgan fingerprint density at radius 1 is 1.50 bits per heavy atom. The van der Waals surface area contributed by atoms with E-state index in [0.717, 1.165) is 6.42 Å². The van der Waals surface area contributed by atoms with Gasteiger partial charge in [-0.05, 0) is 18.1 Å². The van der Waals surface area contributed by atoms with Crippen molar-refractivity contribution in [3.63, 3.8) is 0 Å². The van der Waals surface area contributed by atoms with Gasteiger partial charge in [0.05, 0.1) is 0 Å². The maximum Gasteiger partial charge on any atom is 1.00 e. The summed E-state index contributed by atoms with van der Waals surface area (Å²) in [5.41, 5.74) is 1.35. The van der Waals surface area contributed by atoms with Crippen LogP contribution in [0.25, 0.3) is 0 Å². The van der Waals surface area contributed by atoms with Crippen molar-refractivity contribution < 1.29 is 29.6 Å². The smallest absolute Gasteiger partial charge is 0.577 e. The molecular formula is C8H11NaP. The molecule has 0 spiro atoms. The van der Waals surface area contributed by atoms with E-state index in [4.69, 9.17) is 0 Å². The fourth-order valence-corrected chi connectivity index (χ4v) is 0.650. The van der Waals surface area contributed by atoms with E-state index >= 15 is 0 Å². The minimum absolute atomic E-state index is 0. The first kappa shape index (κ1) is 13.3. The Labute approximate surface area is 88.3 Å². The third kappa shape index (κ3) is 4.46. The van der Waals surface area contributed by atoms with E-state index in [1.54, 1.807) is 0 Å². The Morgan fingerprint density at radius 3 is 2.50 bits per heavy atom. The van der Waals surface area contributed by atoms with Crippen molar-refractivity contribution in [3.05, 3.63) is 35.9 Å². The molecule has 1 aromatic rings. The summed E-state index contributed by atoms with van der Waals surface area (Å²) in [6.45, 7) is 2.14. The molecule has 0 atom stereocenters. The molecule has 1 aromatic carbocycles. The maximum atomic E-state index is 3.01. The second-order valence-electron chi connectivity index (χ2n) is 1.77. The van der Waals surface area contributed by atoms with Crippen LogP contribution < -0.4 is 29.6 Å². The van der Waals surface area contributed by atoms with Gasteiger partial charge in [0.1, 0.15) is 0 Å². The Kier molecular flexibility index (Phi) is 10.3. The van der Waals surface area contributed by atoms with Crippen LogP contribution in [0.2, 0.25) is 0 Å². The van der Waals surface area contributed by atoms with Crippen LogP contribution in [-0.2, 0) is 6.42 Å². The van der Waals surface area contributed by atoms with Crippen molar-refractivity contribution in [3.8, 4) is 0 Å². The molecule has 10 heavy (non-hydrogen) atoms. The summed E-state index contributed by atoms with van der Waals surface area (Å²) >= 11 is 0. The van der Waals surface area contributed by atoms with Crippen LogP contribution in [0.4, 0.5) is 0 Å². The van der Waals surface area contributed by atoms with Gasteiger partial charge < -0.3 is 9.90 Å². The zero-order valence-electron chi connectivity index (χ0n) is 6.59. The first-order chi connectivity index (χ1) is 3.93. The normalized spacial score (nSPS) is 7.30.